The van der Waals surface area contributed by atoms with Gasteiger partial charge in [-0.3, -0.25) is 13.9 Å². The largest absolute Gasteiger partial charge is 0.339 e. The number of aromatic nitrogens is 4. The molecule has 8 heteroatoms. The average Bonchev–Trinajstić information content (AvgIpc) is 3.16. The maximum absolute atomic E-state index is 13.5. The van der Waals surface area contributed by atoms with Gasteiger partial charge in [-0.15, -0.1) is 0 Å². The van der Waals surface area contributed by atoms with Gasteiger partial charge >= 0.3 is 5.69 Å². The third-order valence-electron chi connectivity index (χ3n) is 6.74. The first kappa shape index (κ1) is 20.4. The summed E-state index contributed by atoms with van der Waals surface area (Å²) in [4.78, 5) is 33.8. The lowest BCUT2D eigenvalue weighted by atomic mass is 9.93. The summed E-state index contributed by atoms with van der Waals surface area (Å²) in [6.45, 7) is 4.12. The molecule has 2 aliphatic rings. The van der Waals surface area contributed by atoms with Gasteiger partial charge in [0, 0.05) is 31.2 Å². The topological polar surface area (TPSA) is 65.1 Å². The highest BCUT2D eigenvalue weighted by molar-refractivity contribution is 6.30. The number of hydrogen-bond donors (Lipinski definition) is 0. The predicted octanol–water partition coefficient (Wildman–Crippen LogP) is 3.39. The van der Waals surface area contributed by atoms with Crippen LogP contribution in [0.5, 0.6) is 0 Å². The van der Waals surface area contributed by atoms with Crippen molar-refractivity contribution < 1.29 is 0 Å². The molecule has 1 aliphatic heterocycles. The van der Waals surface area contributed by atoms with E-state index in [0.717, 1.165) is 37.4 Å². The van der Waals surface area contributed by atoms with Gasteiger partial charge in [-0.1, -0.05) is 49.9 Å². The third kappa shape index (κ3) is 3.49. The monoisotopic (exact) mass is 441 g/mol. The van der Waals surface area contributed by atoms with Gasteiger partial charge in [-0.05, 0) is 36.5 Å². The van der Waals surface area contributed by atoms with Crippen molar-refractivity contribution in [1.82, 2.24) is 18.7 Å². The first-order valence-electron chi connectivity index (χ1n) is 11.1. The molecule has 1 aliphatic carbocycles. The molecule has 164 valence electrons. The smallest absolute Gasteiger partial charge is 0.332 e. The van der Waals surface area contributed by atoms with Crippen molar-refractivity contribution in [2.45, 2.75) is 58.2 Å². The fourth-order valence-electron chi connectivity index (χ4n) is 5.16. The van der Waals surface area contributed by atoms with Crippen LogP contribution in [0.25, 0.3) is 11.2 Å². The van der Waals surface area contributed by atoms with Crippen LogP contribution in [0.4, 0.5) is 5.95 Å². The van der Waals surface area contributed by atoms with Crippen molar-refractivity contribution in [2.75, 3.05) is 11.4 Å². The van der Waals surface area contributed by atoms with Crippen LogP contribution >= 0.6 is 11.6 Å². The van der Waals surface area contributed by atoms with E-state index in [2.05, 4.69) is 16.4 Å². The molecule has 1 fully saturated rings. The molecule has 1 aromatic carbocycles. The van der Waals surface area contributed by atoms with Crippen molar-refractivity contribution >= 4 is 28.7 Å². The Kier molecular flexibility index (Phi) is 5.16. The summed E-state index contributed by atoms with van der Waals surface area (Å²) in [7, 11) is 1.70. The van der Waals surface area contributed by atoms with Gasteiger partial charge < -0.3 is 9.47 Å². The van der Waals surface area contributed by atoms with Gasteiger partial charge in [-0.2, -0.15) is 4.98 Å². The minimum atomic E-state index is -0.347. The Morgan fingerprint density at radius 2 is 1.77 bits per heavy atom. The Balaban J connectivity index is 1.66. The van der Waals surface area contributed by atoms with Gasteiger partial charge in [-0.25, -0.2) is 4.79 Å². The number of aryl methyl sites for hydroxylation is 1. The fourth-order valence-corrected chi connectivity index (χ4v) is 5.28. The molecule has 3 heterocycles. The molecule has 2 aromatic heterocycles. The number of fused-ring (bicyclic) bond motifs is 3. The van der Waals surface area contributed by atoms with E-state index in [1.807, 2.05) is 12.1 Å². The average molecular weight is 442 g/mol. The van der Waals surface area contributed by atoms with Crippen LogP contribution in [0.3, 0.4) is 0 Å². The molecular formula is C23H28ClN5O2. The molecule has 1 unspecified atom stereocenters. The van der Waals surface area contributed by atoms with E-state index in [1.54, 1.807) is 19.2 Å². The summed E-state index contributed by atoms with van der Waals surface area (Å²) in [5.41, 5.74) is 1.24. The third-order valence-corrected chi connectivity index (χ3v) is 6.99. The van der Waals surface area contributed by atoms with Crippen LogP contribution < -0.4 is 16.1 Å². The number of benzene rings is 1. The molecular weight excluding hydrogens is 414 g/mol. The molecule has 0 radical (unpaired) electrons. The number of nitrogens with zero attached hydrogens (tertiary/aromatic N) is 5. The van der Waals surface area contributed by atoms with E-state index in [9.17, 15) is 9.59 Å². The minimum absolute atomic E-state index is 0.209. The normalized spacial score (nSPS) is 19.7. The summed E-state index contributed by atoms with van der Waals surface area (Å²) < 4.78 is 4.88. The Hall–Kier alpha value is -2.54. The highest BCUT2D eigenvalue weighted by Crippen LogP contribution is 2.33. The zero-order chi connectivity index (χ0) is 21.7. The lowest BCUT2D eigenvalue weighted by Crippen LogP contribution is -2.45. The standard InChI is InChI=1S/C23H28ClN5O2/c1-15-12-27(18-6-4-3-5-7-18)22-25-20-19(28(22)13-15)21(30)29(23(31)26(20)2)14-16-8-10-17(24)11-9-16/h8-11,15,18H,3-7,12-14H2,1-2H3. The van der Waals surface area contributed by atoms with Crippen LogP contribution in [-0.2, 0) is 20.1 Å². The van der Waals surface area contributed by atoms with Crippen LogP contribution in [0.15, 0.2) is 33.9 Å². The molecule has 0 spiro atoms. The van der Waals surface area contributed by atoms with Crippen LogP contribution in [0.1, 0.15) is 44.6 Å². The van der Waals surface area contributed by atoms with Gasteiger partial charge in [0.05, 0.1) is 6.54 Å². The summed E-state index contributed by atoms with van der Waals surface area (Å²) in [5.74, 6) is 1.25. The second-order valence-electron chi connectivity index (χ2n) is 9.10. The van der Waals surface area contributed by atoms with E-state index in [1.165, 1.54) is 28.4 Å². The predicted molar refractivity (Wildman–Crippen MR) is 123 cm³/mol. The van der Waals surface area contributed by atoms with Crippen molar-refractivity contribution in [1.29, 1.82) is 0 Å². The summed E-state index contributed by atoms with van der Waals surface area (Å²) >= 11 is 5.99. The maximum Gasteiger partial charge on any atom is 0.332 e. The lowest BCUT2D eigenvalue weighted by Gasteiger charge is -2.40. The highest BCUT2D eigenvalue weighted by Gasteiger charge is 2.33. The SMILES string of the molecule is CC1CN(C2CCCCC2)c2nc3c(c(=O)n(Cc4ccc(Cl)cc4)c(=O)n3C)n2C1. The highest BCUT2D eigenvalue weighted by atomic mass is 35.5. The van der Waals surface area contributed by atoms with E-state index in [0.29, 0.717) is 28.1 Å². The molecule has 5 rings (SSSR count). The van der Waals surface area contributed by atoms with Crippen LogP contribution in [-0.4, -0.2) is 31.3 Å². The van der Waals surface area contributed by atoms with Gasteiger partial charge in [0.15, 0.2) is 11.2 Å². The van der Waals surface area contributed by atoms with Crippen LogP contribution in [0.2, 0.25) is 5.02 Å². The van der Waals surface area contributed by atoms with Crippen molar-refractivity contribution in [3.63, 3.8) is 0 Å². The second-order valence-corrected chi connectivity index (χ2v) is 9.54. The zero-order valence-corrected chi connectivity index (χ0v) is 18.8. The zero-order valence-electron chi connectivity index (χ0n) is 18.1. The molecule has 0 bridgehead atoms. The van der Waals surface area contributed by atoms with Crippen molar-refractivity contribution in [3.05, 3.63) is 55.7 Å². The number of halogens is 1. The number of imidazole rings is 1. The summed E-state index contributed by atoms with van der Waals surface area (Å²) in [6, 6.07) is 7.69. The first-order valence-corrected chi connectivity index (χ1v) is 11.5. The number of rotatable bonds is 3. The fraction of sp³-hybridized carbons (Fsp3) is 0.522. The Bertz CT molecular complexity index is 1230. The summed E-state index contributed by atoms with van der Waals surface area (Å²) in [5, 5.41) is 0.626. The number of hydrogen-bond acceptors (Lipinski definition) is 4. The minimum Gasteiger partial charge on any atom is -0.339 e. The van der Waals surface area contributed by atoms with E-state index in [-0.39, 0.29) is 17.8 Å². The van der Waals surface area contributed by atoms with Gasteiger partial charge in [0.2, 0.25) is 5.95 Å². The second kappa shape index (κ2) is 7.86. The molecule has 3 aromatic rings. The Labute approximate surface area is 185 Å². The molecule has 7 nitrogen and oxygen atoms in total. The molecule has 1 saturated carbocycles. The van der Waals surface area contributed by atoms with Crippen molar-refractivity contribution in [3.8, 4) is 0 Å². The summed E-state index contributed by atoms with van der Waals surface area (Å²) in [6.07, 6.45) is 6.09. The molecule has 31 heavy (non-hydrogen) atoms. The quantitative estimate of drug-likeness (QED) is 0.625. The molecule has 1 atom stereocenters. The van der Waals surface area contributed by atoms with Crippen LogP contribution in [0, 0.1) is 5.92 Å². The first-order chi connectivity index (χ1) is 14.9. The molecule has 0 saturated heterocycles. The van der Waals surface area contributed by atoms with Crippen molar-refractivity contribution in [2.24, 2.45) is 13.0 Å². The molecule has 0 N–H and O–H groups in total. The lowest BCUT2D eigenvalue weighted by molar-refractivity contribution is 0.354. The van der Waals surface area contributed by atoms with Gasteiger partial charge in [0.25, 0.3) is 5.56 Å². The Morgan fingerprint density at radius 3 is 2.48 bits per heavy atom. The Morgan fingerprint density at radius 1 is 1.06 bits per heavy atom. The maximum atomic E-state index is 13.5. The molecule has 0 amide bonds. The number of anilines is 1. The van der Waals surface area contributed by atoms with E-state index < -0.39 is 0 Å². The van der Waals surface area contributed by atoms with Gasteiger partial charge in [0.1, 0.15) is 0 Å². The van der Waals surface area contributed by atoms with E-state index in [4.69, 9.17) is 16.6 Å². The van der Waals surface area contributed by atoms with E-state index >= 15 is 0 Å².